The Bertz CT molecular complexity index is 4880. The van der Waals surface area contributed by atoms with E-state index in [4.69, 9.17) is 31.3 Å². The lowest BCUT2D eigenvalue weighted by Gasteiger charge is -2.19. The van der Waals surface area contributed by atoms with E-state index in [9.17, 15) is 26.3 Å². The number of rotatable bonds is 7. The summed E-state index contributed by atoms with van der Waals surface area (Å²) in [7, 11) is 0. The summed E-state index contributed by atoms with van der Waals surface area (Å²) in [5, 5.41) is 53.8. The normalized spacial score (nSPS) is 10.6. The van der Waals surface area contributed by atoms with Crippen LogP contribution in [0.4, 0.5) is 22.7 Å². The summed E-state index contributed by atoms with van der Waals surface area (Å²) in [6.45, 7) is 31.3. The van der Waals surface area contributed by atoms with Crippen molar-refractivity contribution in [1.82, 2.24) is 14.1 Å². The first-order valence-corrected chi connectivity index (χ1v) is 24.6. The van der Waals surface area contributed by atoms with Crippen LogP contribution in [0.15, 0.2) is 182 Å². The van der Waals surface area contributed by atoms with Gasteiger partial charge in [0.15, 0.2) is 22.7 Å². The highest BCUT2D eigenvalue weighted by atomic mass is 15.0. The topological polar surface area (TPSA) is 159 Å². The monoisotopic (exact) mass is 1010 g/mol. The summed E-state index contributed by atoms with van der Waals surface area (Å²) < 4.78 is 4.28. The van der Waals surface area contributed by atoms with Crippen LogP contribution in [0.5, 0.6) is 0 Å². The Kier molecular flexibility index (Phi) is 11.7. The second kappa shape index (κ2) is 19.4. The Morgan fingerprint density at radius 1 is 0.338 bits per heavy atom. The molecule has 0 N–H and O–H groups in total. The average Bonchev–Trinajstić information content (AvgIpc) is 4.26. The fourth-order valence-electron chi connectivity index (χ4n) is 10.8. The SMILES string of the molecule is [C-]#[N+]c1ccc(-c2ccc3c(c2)c2cc(-c4ccc([N+]#[C-])cc4[N+]#[C-])ccc2n3-c2ccc(C#N)cc2-c2cnccc2-n2c3ccc(-c4ccc(C#N)cc4C#N)cc3c3cc(-c4ccc(C#N)cc4[N+]#[C-])ccc32)c(C#N)c1. The molecule has 0 aliphatic rings. The molecule has 0 bridgehead atoms. The number of hydrogen-bond acceptors (Lipinski definition) is 6. The van der Waals surface area contributed by atoms with Gasteiger partial charge in [0.1, 0.15) is 0 Å². The minimum atomic E-state index is 0.327. The maximum Gasteiger partial charge on any atom is 0.196 e. The van der Waals surface area contributed by atoms with Gasteiger partial charge in [-0.2, -0.15) is 26.3 Å². The highest BCUT2D eigenvalue weighted by Gasteiger charge is 2.24. The Balaban J connectivity index is 1.12. The number of nitrogens with zero attached hydrogens (tertiary/aromatic N) is 12. The summed E-state index contributed by atoms with van der Waals surface area (Å²) in [6.07, 6.45) is 3.50. The Morgan fingerprint density at radius 2 is 0.750 bits per heavy atom. The van der Waals surface area contributed by atoms with Gasteiger partial charge in [0.25, 0.3) is 0 Å². The first kappa shape index (κ1) is 48.1. The second-order valence-corrected chi connectivity index (χ2v) is 18.7. The molecule has 12 aromatic rings. The van der Waals surface area contributed by atoms with Crippen LogP contribution >= 0.6 is 0 Å². The number of benzene rings is 9. The van der Waals surface area contributed by atoms with Gasteiger partial charge in [-0.15, -0.1) is 0 Å². The summed E-state index contributed by atoms with van der Waals surface area (Å²) in [5.74, 6) is 0. The van der Waals surface area contributed by atoms with E-state index in [1.807, 2.05) is 91.0 Å². The zero-order chi connectivity index (χ0) is 55.2. The van der Waals surface area contributed by atoms with Crippen LogP contribution in [0.25, 0.3) is 130 Å². The van der Waals surface area contributed by atoms with Crippen LogP contribution in [0.3, 0.4) is 0 Å². The molecular formula is C68H30N12. The van der Waals surface area contributed by atoms with Crippen molar-refractivity contribution in [3.05, 3.63) is 256 Å². The van der Waals surface area contributed by atoms with E-state index in [0.717, 1.165) is 71.6 Å². The van der Waals surface area contributed by atoms with Crippen molar-refractivity contribution in [1.29, 1.82) is 26.3 Å². The molecule has 0 aliphatic carbocycles. The van der Waals surface area contributed by atoms with Gasteiger partial charge in [0.05, 0.1) is 107 Å². The highest BCUT2D eigenvalue weighted by molar-refractivity contribution is 6.14. The number of pyridine rings is 1. The second-order valence-electron chi connectivity index (χ2n) is 18.7. The molecule has 9 aromatic carbocycles. The van der Waals surface area contributed by atoms with Crippen molar-refractivity contribution >= 4 is 66.4 Å². The molecule has 0 fully saturated rings. The van der Waals surface area contributed by atoms with Crippen LogP contribution in [0, 0.1) is 82.9 Å². The molecule has 0 aliphatic heterocycles. The molecule has 0 spiro atoms. The molecule has 0 saturated carbocycles. The van der Waals surface area contributed by atoms with Crippen LogP contribution in [-0.2, 0) is 0 Å². The molecule has 12 nitrogen and oxygen atoms in total. The predicted molar refractivity (Wildman–Crippen MR) is 309 cm³/mol. The third kappa shape index (κ3) is 7.82. The smallest absolute Gasteiger partial charge is 0.196 e. The van der Waals surface area contributed by atoms with Gasteiger partial charge in [0, 0.05) is 56.2 Å². The van der Waals surface area contributed by atoms with Crippen molar-refractivity contribution in [3.8, 4) is 97.4 Å². The van der Waals surface area contributed by atoms with Crippen LogP contribution in [-0.4, -0.2) is 14.1 Å². The average molecular weight is 1020 g/mol. The van der Waals surface area contributed by atoms with Gasteiger partial charge >= 0.3 is 0 Å². The fourth-order valence-corrected chi connectivity index (χ4v) is 10.8. The van der Waals surface area contributed by atoms with Crippen LogP contribution in [0.2, 0.25) is 0 Å². The van der Waals surface area contributed by atoms with Crippen molar-refractivity contribution in [3.63, 3.8) is 0 Å². The third-order valence-corrected chi connectivity index (χ3v) is 14.5. The maximum absolute atomic E-state index is 10.6. The number of hydrogen-bond donors (Lipinski definition) is 0. The van der Waals surface area contributed by atoms with Gasteiger partial charge in [0.2, 0.25) is 0 Å². The molecule has 0 saturated heterocycles. The largest absolute Gasteiger partial charge is 0.309 e. The predicted octanol–water partition coefficient (Wildman–Crippen LogP) is 17.2. The highest BCUT2D eigenvalue weighted by Crippen LogP contribution is 2.46. The molecule has 0 unspecified atom stereocenters. The van der Waals surface area contributed by atoms with Gasteiger partial charge in [-0.1, -0.05) is 66.7 Å². The Morgan fingerprint density at radius 3 is 1.25 bits per heavy atom. The van der Waals surface area contributed by atoms with Gasteiger partial charge in [-0.25, -0.2) is 19.4 Å². The van der Waals surface area contributed by atoms with Crippen LogP contribution in [0.1, 0.15) is 27.8 Å². The summed E-state index contributed by atoms with van der Waals surface area (Å²) in [6, 6.07) is 62.8. The Labute approximate surface area is 457 Å². The Hall–Kier alpha value is -12.9. The lowest BCUT2D eigenvalue weighted by Crippen LogP contribution is -2.02. The standard InChI is InChI=1S/C68H30N12/c1-74-49-12-16-52(48(28-49)38-73)44-9-19-64-56(30-44)58-32-46(54-17-13-50(75-2)33-62(54)77-4)11-21-65(58)79(64)63-18-7-41(35-70)26-55(63)60-39-78-24-23-68(60)80-66-20-8-43(51-14-5-40(34-69)25-47(51)37-72)29-57(66)59-31-45(10-22-67(59)80)53-15-6-42(36-71)27-61(53)76-3/h5-33,39H. The zero-order valence-corrected chi connectivity index (χ0v) is 41.7. The lowest BCUT2D eigenvalue weighted by molar-refractivity contribution is 1.14. The molecule has 3 aromatic heterocycles. The molecule has 362 valence electrons. The van der Waals surface area contributed by atoms with E-state index in [0.29, 0.717) is 89.6 Å². The van der Waals surface area contributed by atoms with E-state index in [-0.39, 0.29) is 0 Å². The minimum absolute atomic E-state index is 0.327. The lowest BCUT2D eigenvalue weighted by atomic mass is 9.96. The molecule has 0 amide bonds. The number of nitriles is 5. The van der Waals surface area contributed by atoms with Crippen molar-refractivity contribution < 1.29 is 0 Å². The van der Waals surface area contributed by atoms with Crippen LogP contribution < -0.4 is 0 Å². The molecule has 3 heterocycles. The number of aromatic nitrogens is 3. The third-order valence-electron chi connectivity index (χ3n) is 14.5. The molecule has 12 heteroatoms. The molecule has 80 heavy (non-hydrogen) atoms. The zero-order valence-electron chi connectivity index (χ0n) is 41.7. The van der Waals surface area contributed by atoms with E-state index >= 15 is 0 Å². The quantitative estimate of drug-likeness (QED) is 0.145. The maximum atomic E-state index is 10.6. The van der Waals surface area contributed by atoms with Crippen molar-refractivity contribution in [2.24, 2.45) is 0 Å². The first-order chi connectivity index (χ1) is 39.2. The molecule has 0 radical (unpaired) electrons. The number of fused-ring (bicyclic) bond motifs is 6. The van der Waals surface area contributed by atoms with Crippen molar-refractivity contribution in [2.45, 2.75) is 0 Å². The molecule has 12 rings (SSSR count). The molecular weight excluding hydrogens is 985 g/mol. The van der Waals surface area contributed by atoms with Crippen molar-refractivity contribution in [2.75, 3.05) is 0 Å². The minimum Gasteiger partial charge on any atom is -0.309 e. The first-order valence-electron chi connectivity index (χ1n) is 24.6. The summed E-state index contributed by atoms with van der Waals surface area (Å²) in [5.41, 5.74) is 14.8. The van der Waals surface area contributed by atoms with E-state index in [2.05, 4.69) is 58.9 Å². The fraction of sp³-hybridized carbons (Fsp3) is 0. The molecule has 0 atom stereocenters. The van der Waals surface area contributed by atoms with Gasteiger partial charge in [-0.3, -0.25) is 4.98 Å². The van der Waals surface area contributed by atoms with Gasteiger partial charge in [-0.05, 0) is 148 Å². The van der Waals surface area contributed by atoms with E-state index < -0.39 is 0 Å². The summed E-state index contributed by atoms with van der Waals surface area (Å²) in [4.78, 5) is 19.4. The van der Waals surface area contributed by atoms with E-state index in [1.54, 1.807) is 91.3 Å². The summed E-state index contributed by atoms with van der Waals surface area (Å²) >= 11 is 0. The van der Waals surface area contributed by atoms with Gasteiger partial charge < -0.3 is 9.13 Å². The van der Waals surface area contributed by atoms with E-state index in [1.165, 1.54) is 0 Å².